The number of ether oxygens (including phenoxy) is 1. The van der Waals surface area contributed by atoms with E-state index in [2.05, 4.69) is 6.58 Å². The van der Waals surface area contributed by atoms with Crippen LogP contribution in [0.4, 0.5) is 0 Å². The summed E-state index contributed by atoms with van der Waals surface area (Å²) in [6, 6.07) is 11.7. The summed E-state index contributed by atoms with van der Waals surface area (Å²) in [7, 11) is 0. The quantitative estimate of drug-likeness (QED) is 0.606. The lowest BCUT2D eigenvalue weighted by Gasteiger charge is -2.06. The zero-order valence-corrected chi connectivity index (χ0v) is 12.2. The standard InChI is InChI=1S/C18H18O4/c1-2-13-3-5-14(6-4-13)12-22-10-9-17(20)16-8-7-15(19)11-18(16)21/h2-8,11,19,21H,1,9-10,12H2. The molecule has 2 aromatic carbocycles. The van der Waals surface area contributed by atoms with Crippen molar-refractivity contribution in [1.82, 2.24) is 0 Å². The van der Waals surface area contributed by atoms with Crippen molar-refractivity contribution in [3.05, 3.63) is 65.7 Å². The molecule has 0 aromatic heterocycles. The van der Waals surface area contributed by atoms with Crippen LogP contribution in [0.25, 0.3) is 6.08 Å². The van der Waals surface area contributed by atoms with E-state index in [1.807, 2.05) is 24.3 Å². The fourth-order valence-electron chi connectivity index (χ4n) is 2.00. The molecule has 0 radical (unpaired) electrons. The maximum Gasteiger partial charge on any atom is 0.168 e. The van der Waals surface area contributed by atoms with Gasteiger partial charge in [-0.3, -0.25) is 4.79 Å². The average Bonchev–Trinajstić information content (AvgIpc) is 2.52. The van der Waals surface area contributed by atoms with Crippen LogP contribution in [0.2, 0.25) is 0 Å². The molecule has 0 unspecified atom stereocenters. The molecule has 0 aliphatic heterocycles. The van der Waals surface area contributed by atoms with E-state index in [1.54, 1.807) is 6.08 Å². The highest BCUT2D eigenvalue weighted by Gasteiger charge is 2.11. The van der Waals surface area contributed by atoms with E-state index in [-0.39, 0.29) is 35.9 Å². The fourth-order valence-corrected chi connectivity index (χ4v) is 2.00. The van der Waals surface area contributed by atoms with Crippen molar-refractivity contribution in [3.8, 4) is 11.5 Å². The lowest BCUT2D eigenvalue weighted by molar-refractivity contribution is 0.0846. The van der Waals surface area contributed by atoms with E-state index in [4.69, 9.17) is 4.74 Å². The van der Waals surface area contributed by atoms with Gasteiger partial charge in [0.1, 0.15) is 11.5 Å². The molecule has 0 heterocycles. The third-order valence-electron chi connectivity index (χ3n) is 3.24. The Kier molecular flexibility index (Phi) is 5.33. The van der Waals surface area contributed by atoms with Crippen molar-refractivity contribution < 1.29 is 19.7 Å². The van der Waals surface area contributed by atoms with Gasteiger partial charge in [0.15, 0.2) is 5.78 Å². The first kappa shape index (κ1) is 15.8. The summed E-state index contributed by atoms with van der Waals surface area (Å²) in [5.41, 5.74) is 2.25. The second-order valence-corrected chi connectivity index (χ2v) is 4.87. The van der Waals surface area contributed by atoms with Crippen molar-refractivity contribution in [2.24, 2.45) is 0 Å². The number of carbonyl (C=O) groups excluding carboxylic acids is 1. The van der Waals surface area contributed by atoms with Crippen molar-refractivity contribution in [2.45, 2.75) is 13.0 Å². The Labute approximate surface area is 129 Å². The molecule has 0 fully saturated rings. The van der Waals surface area contributed by atoms with E-state index in [9.17, 15) is 15.0 Å². The first-order chi connectivity index (χ1) is 10.6. The lowest BCUT2D eigenvalue weighted by Crippen LogP contribution is -2.05. The SMILES string of the molecule is C=Cc1ccc(COCCC(=O)c2ccc(O)cc2O)cc1. The molecule has 0 spiro atoms. The molecule has 0 atom stereocenters. The molecule has 0 saturated heterocycles. The third kappa shape index (κ3) is 4.20. The van der Waals surface area contributed by atoms with Crippen molar-refractivity contribution >= 4 is 11.9 Å². The van der Waals surface area contributed by atoms with Gasteiger partial charge in [0, 0.05) is 12.5 Å². The summed E-state index contributed by atoms with van der Waals surface area (Å²) in [5, 5.41) is 18.8. The van der Waals surface area contributed by atoms with E-state index < -0.39 is 0 Å². The van der Waals surface area contributed by atoms with Crippen molar-refractivity contribution in [1.29, 1.82) is 0 Å². The highest BCUT2D eigenvalue weighted by atomic mass is 16.5. The molecule has 0 aliphatic carbocycles. The van der Waals surface area contributed by atoms with Gasteiger partial charge < -0.3 is 14.9 Å². The zero-order chi connectivity index (χ0) is 15.9. The monoisotopic (exact) mass is 298 g/mol. The minimum absolute atomic E-state index is 0.0757. The molecule has 0 aliphatic rings. The van der Waals surface area contributed by atoms with Crippen molar-refractivity contribution in [3.63, 3.8) is 0 Å². The molecular formula is C18H18O4. The van der Waals surface area contributed by atoms with Gasteiger partial charge >= 0.3 is 0 Å². The molecule has 22 heavy (non-hydrogen) atoms. The Morgan fingerprint density at radius 1 is 1.14 bits per heavy atom. The number of carbonyl (C=O) groups is 1. The number of phenols is 2. The minimum atomic E-state index is -0.223. The third-order valence-corrected chi connectivity index (χ3v) is 3.24. The molecular weight excluding hydrogens is 280 g/mol. The van der Waals surface area contributed by atoms with E-state index in [0.717, 1.165) is 17.2 Å². The second-order valence-electron chi connectivity index (χ2n) is 4.87. The lowest BCUT2D eigenvalue weighted by atomic mass is 10.1. The molecule has 4 nitrogen and oxygen atoms in total. The number of aromatic hydroxyl groups is 2. The number of hydrogen-bond acceptors (Lipinski definition) is 4. The highest BCUT2D eigenvalue weighted by Crippen LogP contribution is 2.23. The summed E-state index contributed by atoms with van der Waals surface area (Å²) >= 11 is 0. The van der Waals surface area contributed by atoms with Gasteiger partial charge in [0.05, 0.1) is 18.8 Å². The summed E-state index contributed by atoms with van der Waals surface area (Å²) < 4.78 is 5.47. The Morgan fingerprint density at radius 2 is 1.86 bits per heavy atom. The van der Waals surface area contributed by atoms with Crippen LogP contribution in [-0.4, -0.2) is 22.6 Å². The topological polar surface area (TPSA) is 66.8 Å². The first-order valence-corrected chi connectivity index (χ1v) is 6.94. The minimum Gasteiger partial charge on any atom is -0.508 e. The van der Waals surface area contributed by atoms with E-state index in [0.29, 0.717) is 6.61 Å². The average molecular weight is 298 g/mol. The van der Waals surface area contributed by atoms with E-state index >= 15 is 0 Å². The van der Waals surface area contributed by atoms with Gasteiger partial charge in [0.25, 0.3) is 0 Å². The van der Waals surface area contributed by atoms with Crippen LogP contribution in [0.5, 0.6) is 11.5 Å². The van der Waals surface area contributed by atoms with Gasteiger partial charge in [-0.2, -0.15) is 0 Å². The summed E-state index contributed by atoms with van der Waals surface area (Å²) in [6.45, 7) is 4.38. The number of Topliss-reactive ketones (excluding diaryl/α,β-unsaturated/α-hetero) is 1. The predicted octanol–water partition coefficient (Wildman–Crippen LogP) is 3.53. The number of benzene rings is 2. The molecule has 114 valence electrons. The smallest absolute Gasteiger partial charge is 0.168 e. The van der Waals surface area contributed by atoms with Gasteiger partial charge in [-0.1, -0.05) is 36.9 Å². The van der Waals surface area contributed by atoms with Gasteiger partial charge in [0.2, 0.25) is 0 Å². The van der Waals surface area contributed by atoms with Gasteiger partial charge in [-0.15, -0.1) is 0 Å². The van der Waals surface area contributed by atoms with Crippen LogP contribution in [-0.2, 0) is 11.3 Å². The highest BCUT2D eigenvalue weighted by molar-refractivity contribution is 5.98. The molecule has 2 N–H and O–H groups in total. The largest absolute Gasteiger partial charge is 0.508 e. The Hall–Kier alpha value is -2.59. The molecule has 0 amide bonds. The molecule has 0 saturated carbocycles. The maximum absolute atomic E-state index is 11.9. The number of phenolic OH excluding ortho intramolecular Hbond substituents is 2. The van der Waals surface area contributed by atoms with E-state index in [1.165, 1.54) is 12.1 Å². The normalized spacial score (nSPS) is 10.4. The zero-order valence-electron chi connectivity index (χ0n) is 12.2. The van der Waals surface area contributed by atoms with Crippen LogP contribution in [0.1, 0.15) is 27.9 Å². The summed E-state index contributed by atoms with van der Waals surface area (Å²) in [4.78, 5) is 11.9. The Bertz CT molecular complexity index is 659. The van der Waals surface area contributed by atoms with Crippen LogP contribution < -0.4 is 0 Å². The first-order valence-electron chi connectivity index (χ1n) is 6.94. The Morgan fingerprint density at radius 3 is 2.50 bits per heavy atom. The number of rotatable bonds is 7. The summed E-state index contributed by atoms with van der Waals surface area (Å²) in [6.07, 6.45) is 1.94. The molecule has 2 rings (SSSR count). The predicted molar refractivity (Wildman–Crippen MR) is 84.9 cm³/mol. The molecule has 4 heteroatoms. The van der Waals surface area contributed by atoms with Crippen molar-refractivity contribution in [2.75, 3.05) is 6.61 Å². The summed E-state index contributed by atoms with van der Waals surface area (Å²) in [5.74, 6) is -0.516. The van der Waals surface area contributed by atoms with Crippen LogP contribution in [0.15, 0.2) is 49.0 Å². The molecule has 2 aromatic rings. The van der Waals surface area contributed by atoms with Crippen LogP contribution in [0.3, 0.4) is 0 Å². The van der Waals surface area contributed by atoms with Crippen LogP contribution >= 0.6 is 0 Å². The van der Waals surface area contributed by atoms with Gasteiger partial charge in [-0.05, 0) is 23.3 Å². The van der Waals surface area contributed by atoms with Crippen LogP contribution in [0, 0.1) is 0 Å². The number of hydrogen-bond donors (Lipinski definition) is 2. The molecule has 0 bridgehead atoms. The fraction of sp³-hybridized carbons (Fsp3) is 0.167. The second kappa shape index (κ2) is 7.43. The maximum atomic E-state index is 11.9. The van der Waals surface area contributed by atoms with Gasteiger partial charge in [-0.25, -0.2) is 0 Å². The number of ketones is 1. The Balaban J connectivity index is 1.80.